The molecule has 0 amide bonds. The molecular weight excluding hydrogens is 312 g/mol. The van der Waals surface area contributed by atoms with E-state index in [9.17, 15) is 5.26 Å². The zero-order valence-corrected chi connectivity index (χ0v) is 15.8. The van der Waals surface area contributed by atoms with Crippen molar-refractivity contribution < 1.29 is 9.47 Å². The van der Waals surface area contributed by atoms with Gasteiger partial charge in [0, 0.05) is 13.1 Å². The molecule has 4 heteroatoms. The van der Waals surface area contributed by atoms with Crippen LogP contribution in [0.2, 0.25) is 0 Å². The number of methoxy groups -OCH3 is 2. The van der Waals surface area contributed by atoms with Crippen molar-refractivity contribution in [1.29, 1.82) is 5.26 Å². The minimum absolute atomic E-state index is 0.234. The van der Waals surface area contributed by atoms with Crippen LogP contribution in [0, 0.1) is 17.2 Å². The Kier molecular flexibility index (Phi) is 5.06. The summed E-state index contributed by atoms with van der Waals surface area (Å²) >= 11 is 0. The summed E-state index contributed by atoms with van der Waals surface area (Å²) in [5, 5.41) is 9.56. The molecule has 0 bridgehead atoms. The highest BCUT2D eigenvalue weighted by Gasteiger charge is 2.44. The Morgan fingerprint density at radius 2 is 1.96 bits per heavy atom. The monoisotopic (exact) mass is 340 g/mol. The Hall–Kier alpha value is -1.99. The number of hydrogen-bond donors (Lipinski definition) is 0. The first-order valence-corrected chi connectivity index (χ1v) is 9.09. The van der Waals surface area contributed by atoms with Crippen LogP contribution in [-0.4, -0.2) is 32.2 Å². The summed E-state index contributed by atoms with van der Waals surface area (Å²) in [6.45, 7) is 6.48. The molecule has 4 nitrogen and oxygen atoms in total. The molecule has 1 aromatic carbocycles. The van der Waals surface area contributed by atoms with Gasteiger partial charge in [0.1, 0.15) is 0 Å². The largest absolute Gasteiger partial charge is 0.493 e. The minimum Gasteiger partial charge on any atom is -0.493 e. The normalized spacial score (nSPS) is 22.6. The van der Waals surface area contributed by atoms with Gasteiger partial charge in [0.15, 0.2) is 11.5 Å². The highest BCUT2D eigenvalue weighted by molar-refractivity contribution is 5.52. The lowest BCUT2D eigenvalue weighted by Crippen LogP contribution is -2.52. The summed E-state index contributed by atoms with van der Waals surface area (Å²) in [7, 11) is 3.34. The van der Waals surface area contributed by atoms with Gasteiger partial charge in [0.05, 0.1) is 32.2 Å². The van der Waals surface area contributed by atoms with Gasteiger partial charge >= 0.3 is 0 Å². The third kappa shape index (κ3) is 3.14. The quantitative estimate of drug-likeness (QED) is 0.759. The van der Waals surface area contributed by atoms with E-state index in [4.69, 9.17) is 9.47 Å². The smallest absolute Gasteiger partial charge is 0.161 e. The molecule has 2 aliphatic rings. The zero-order valence-electron chi connectivity index (χ0n) is 15.8. The van der Waals surface area contributed by atoms with Crippen LogP contribution in [0.4, 0.5) is 0 Å². The van der Waals surface area contributed by atoms with Crippen molar-refractivity contribution >= 4 is 0 Å². The van der Waals surface area contributed by atoms with Gasteiger partial charge in [-0.25, -0.2) is 0 Å². The Morgan fingerprint density at radius 1 is 1.24 bits per heavy atom. The average molecular weight is 340 g/mol. The summed E-state index contributed by atoms with van der Waals surface area (Å²) in [6.07, 6.45) is 5.89. The first-order chi connectivity index (χ1) is 12.0. The minimum atomic E-state index is -0.234. The molecule has 0 saturated heterocycles. The molecule has 1 aromatic rings. The Balaban J connectivity index is 2.06. The number of nitriles is 1. The molecule has 0 aromatic heterocycles. The third-order valence-corrected chi connectivity index (χ3v) is 5.53. The SMILES string of the molecule is COc1cc2c(cc1OC)C1(CC#N)CC=C(CC(C)C)CN1CC2. The predicted octanol–water partition coefficient (Wildman–Crippen LogP) is 4.05. The first-order valence-electron chi connectivity index (χ1n) is 9.09. The van der Waals surface area contributed by atoms with Gasteiger partial charge < -0.3 is 9.47 Å². The Labute approximate surface area is 151 Å². The van der Waals surface area contributed by atoms with Crippen molar-refractivity contribution in [1.82, 2.24) is 4.90 Å². The maximum absolute atomic E-state index is 9.56. The first kappa shape index (κ1) is 17.8. The molecule has 1 unspecified atom stereocenters. The number of rotatable bonds is 5. The lowest BCUT2D eigenvalue weighted by atomic mass is 9.73. The van der Waals surface area contributed by atoms with Crippen molar-refractivity contribution in [2.24, 2.45) is 5.92 Å². The number of fused-ring (bicyclic) bond motifs is 3. The highest BCUT2D eigenvalue weighted by atomic mass is 16.5. The topological polar surface area (TPSA) is 45.5 Å². The molecule has 0 fully saturated rings. The second-order valence-electron chi connectivity index (χ2n) is 7.57. The van der Waals surface area contributed by atoms with E-state index in [1.165, 1.54) is 16.7 Å². The van der Waals surface area contributed by atoms with E-state index >= 15 is 0 Å². The Morgan fingerprint density at radius 3 is 2.60 bits per heavy atom. The van der Waals surface area contributed by atoms with Gasteiger partial charge in [-0.3, -0.25) is 4.90 Å². The fraction of sp³-hybridized carbons (Fsp3) is 0.571. The van der Waals surface area contributed by atoms with E-state index in [-0.39, 0.29) is 5.54 Å². The zero-order chi connectivity index (χ0) is 18.0. The molecule has 1 atom stereocenters. The van der Waals surface area contributed by atoms with E-state index in [0.717, 1.165) is 43.9 Å². The maximum atomic E-state index is 9.56. The molecule has 0 saturated carbocycles. The number of hydrogen-bond acceptors (Lipinski definition) is 4. The summed E-state index contributed by atoms with van der Waals surface area (Å²) in [4.78, 5) is 2.52. The van der Waals surface area contributed by atoms with Gasteiger partial charge in [-0.05, 0) is 48.4 Å². The van der Waals surface area contributed by atoms with Crippen LogP contribution in [0.25, 0.3) is 0 Å². The number of ether oxygens (including phenoxy) is 2. The molecule has 3 rings (SSSR count). The van der Waals surface area contributed by atoms with Gasteiger partial charge in [-0.1, -0.05) is 25.5 Å². The highest BCUT2D eigenvalue weighted by Crippen LogP contribution is 2.47. The summed E-state index contributed by atoms with van der Waals surface area (Å²) < 4.78 is 11.0. The van der Waals surface area contributed by atoms with Crippen LogP contribution < -0.4 is 9.47 Å². The summed E-state index contributed by atoms with van der Waals surface area (Å²) in [5.74, 6) is 2.18. The van der Waals surface area contributed by atoms with Crippen molar-refractivity contribution in [2.45, 2.75) is 45.1 Å². The van der Waals surface area contributed by atoms with Crippen LogP contribution in [0.1, 0.15) is 44.2 Å². The summed E-state index contributed by atoms with van der Waals surface area (Å²) in [5.41, 5.74) is 3.79. The molecule has 2 aliphatic heterocycles. The van der Waals surface area contributed by atoms with Gasteiger partial charge in [0.25, 0.3) is 0 Å². The molecular formula is C21H28N2O2. The van der Waals surface area contributed by atoms with Gasteiger partial charge in [-0.2, -0.15) is 5.26 Å². The second-order valence-corrected chi connectivity index (χ2v) is 7.57. The van der Waals surface area contributed by atoms with Gasteiger partial charge in [-0.15, -0.1) is 0 Å². The van der Waals surface area contributed by atoms with E-state index in [1.54, 1.807) is 14.2 Å². The van der Waals surface area contributed by atoms with Crippen LogP contribution in [0.5, 0.6) is 11.5 Å². The fourth-order valence-electron chi connectivity index (χ4n) is 4.38. The molecule has 2 heterocycles. The van der Waals surface area contributed by atoms with Crippen LogP contribution in [0.3, 0.4) is 0 Å². The molecule has 0 N–H and O–H groups in total. The molecule has 0 radical (unpaired) electrons. The maximum Gasteiger partial charge on any atom is 0.161 e. The fourth-order valence-corrected chi connectivity index (χ4v) is 4.38. The van der Waals surface area contributed by atoms with E-state index < -0.39 is 0 Å². The van der Waals surface area contributed by atoms with Gasteiger partial charge in [0.2, 0.25) is 0 Å². The van der Waals surface area contributed by atoms with Crippen molar-refractivity contribution in [3.8, 4) is 17.6 Å². The third-order valence-electron chi connectivity index (χ3n) is 5.53. The predicted molar refractivity (Wildman–Crippen MR) is 98.9 cm³/mol. The van der Waals surface area contributed by atoms with E-state index in [0.29, 0.717) is 12.3 Å². The number of nitrogens with zero attached hydrogens (tertiary/aromatic N) is 2. The molecule has 25 heavy (non-hydrogen) atoms. The second kappa shape index (κ2) is 7.09. The molecule has 0 spiro atoms. The number of benzene rings is 1. The molecule has 134 valence electrons. The van der Waals surface area contributed by atoms with E-state index in [2.05, 4.69) is 43.0 Å². The van der Waals surface area contributed by atoms with Crippen LogP contribution in [-0.2, 0) is 12.0 Å². The standard InChI is InChI=1S/C21H28N2O2/c1-15(2)11-16-5-7-21(8-9-22)18-13-20(25-4)19(24-3)12-17(18)6-10-23(21)14-16/h5,12-13,15H,6-8,10-11,14H2,1-4H3. The van der Waals surface area contributed by atoms with E-state index in [1.807, 2.05) is 0 Å². The summed E-state index contributed by atoms with van der Waals surface area (Å²) in [6, 6.07) is 6.64. The lowest BCUT2D eigenvalue weighted by molar-refractivity contribution is 0.0777. The van der Waals surface area contributed by atoms with Crippen LogP contribution in [0.15, 0.2) is 23.8 Å². The van der Waals surface area contributed by atoms with Crippen molar-refractivity contribution in [2.75, 3.05) is 27.3 Å². The van der Waals surface area contributed by atoms with Crippen LogP contribution >= 0.6 is 0 Å². The lowest BCUT2D eigenvalue weighted by Gasteiger charge is -2.50. The average Bonchev–Trinajstić information content (AvgIpc) is 2.60. The molecule has 0 aliphatic carbocycles. The Bertz CT molecular complexity index is 717. The van der Waals surface area contributed by atoms with Crippen molar-refractivity contribution in [3.05, 3.63) is 34.9 Å². The van der Waals surface area contributed by atoms with Crippen molar-refractivity contribution in [3.63, 3.8) is 0 Å².